The SMILES string of the molecule is c1ccc(-c2csc(-c3ccc(-c4nc(-c5ccccc5)cs4)cc3)n2)cc1. The molecule has 3 aromatic carbocycles. The molecule has 0 unspecified atom stereocenters. The lowest BCUT2D eigenvalue weighted by atomic mass is 10.1. The van der Waals surface area contributed by atoms with E-state index in [1.165, 1.54) is 0 Å². The van der Waals surface area contributed by atoms with Gasteiger partial charge in [0.05, 0.1) is 11.4 Å². The van der Waals surface area contributed by atoms with Crippen molar-refractivity contribution in [2.45, 2.75) is 0 Å². The Bertz CT molecular complexity index is 1090. The van der Waals surface area contributed by atoms with Crippen molar-refractivity contribution < 1.29 is 0 Å². The largest absolute Gasteiger partial charge is 0.236 e. The van der Waals surface area contributed by atoms with Gasteiger partial charge < -0.3 is 0 Å². The van der Waals surface area contributed by atoms with Crippen LogP contribution in [0, 0.1) is 0 Å². The van der Waals surface area contributed by atoms with Gasteiger partial charge in [0.25, 0.3) is 0 Å². The summed E-state index contributed by atoms with van der Waals surface area (Å²) in [6.45, 7) is 0. The van der Waals surface area contributed by atoms with Crippen LogP contribution in [0.1, 0.15) is 0 Å². The van der Waals surface area contributed by atoms with Crippen LogP contribution in [-0.2, 0) is 0 Å². The molecule has 4 heteroatoms. The number of aromatic nitrogens is 2. The molecular weight excluding hydrogens is 380 g/mol. The van der Waals surface area contributed by atoms with Crippen molar-refractivity contribution in [3.63, 3.8) is 0 Å². The van der Waals surface area contributed by atoms with Crippen molar-refractivity contribution in [2.75, 3.05) is 0 Å². The van der Waals surface area contributed by atoms with Gasteiger partial charge in [0.15, 0.2) is 0 Å². The summed E-state index contributed by atoms with van der Waals surface area (Å²) in [5, 5.41) is 6.31. The predicted octanol–water partition coefficient (Wildman–Crippen LogP) is 7.27. The number of rotatable bonds is 4. The van der Waals surface area contributed by atoms with Crippen molar-refractivity contribution in [3.05, 3.63) is 95.7 Å². The van der Waals surface area contributed by atoms with Crippen LogP contribution in [0.3, 0.4) is 0 Å². The molecule has 5 rings (SSSR count). The second-order valence-corrected chi connectivity index (χ2v) is 8.10. The first kappa shape index (κ1) is 17.0. The molecule has 0 fully saturated rings. The monoisotopic (exact) mass is 396 g/mol. The molecule has 28 heavy (non-hydrogen) atoms. The fourth-order valence-electron chi connectivity index (χ4n) is 3.05. The van der Waals surface area contributed by atoms with Crippen LogP contribution in [0.25, 0.3) is 43.7 Å². The van der Waals surface area contributed by atoms with Crippen LogP contribution in [0.2, 0.25) is 0 Å². The molecule has 0 spiro atoms. The summed E-state index contributed by atoms with van der Waals surface area (Å²) in [5.41, 5.74) is 6.62. The first-order chi connectivity index (χ1) is 13.9. The zero-order valence-corrected chi connectivity index (χ0v) is 16.6. The van der Waals surface area contributed by atoms with Crippen LogP contribution in [0.15, 0.2) is 95.7 Å². The third-order valence-electron chi connectivity index (χ3n) is 4.53. The van der Waals surface area contributed by atoms with Gasteiger partial charge in [0.2, 0.25) is 0 Å². The summed E-state index contributed by atoms with van der Waals surface area (Å²) >= 11 is 3.35. The van der Waals surface area contributed by atoms with Crippen molar-refractivity contribution in [1.29, 1.82) is 0 Å². The molecule has 5 aromatic rings. The van der Waals surface area contributed by atoms with E-state index in [0.717, 1.165) is 43.7 Å². The van der Waals surface area contributed by atoms with Crippen LogP contribution >= 0.6 is 22.7 Å². The lowest BCUT2D eigenvalue weighted by molar-refractivity contribution is 1.39. The summed E-state index contributed by atoms with van der Waals surface area (Å²) in [5.74, 6) is 0. The fourth-order valence-corrected chi connectivity index (χ4v) is 4.72. The van der Waals surface area contributed by atoms with Crippen LogP contribution < -0.4 is 0 Å². The van der Waals surface area contributed by atoms with Gasteiger partial charge in [-0.25, -0.2) is 9.97 Å². The van der Waals surface area contributed by atoms with Crippen LogP contribution in [0.5, 0.6) is 0 Å². The van der Waals surface area contributed by atoms with E-state index < -0.39 is 0 Å². The molecule has 0 aliphatic heterocycles. The second kappa shape index (κ2) is 7.50. The first-order valence-electron chi connectivity index (χ1n) is 8.99. The summed E-state index contributed by atoms with van der Waals surface area (Å²) in [4.78, 5) is 9.60. The third kappa shape index (κ3) is 3.40. The Balaban J connectivity index is 1.40. The molecule has 2 aromatic heterocycles. The Kier molecular flexibility index (Phi) is 4.57. The molecule has 0 saturated heterocycles. The van der Waals surface area contributed by atoms with Crippen molar-refractivity contribution in [2.24, 2.45) is 0 Å². The van der Waals surface area contributed by atoms with Gasteiger partial charge in [-0.3, -0.25) is 0 Å². The molecule has 0 saturated carbocycles. The highest BCUT2D eigenvalue weighted by Gasteiger charge is 2.09. The van der Waals surface area contributed by atoms with Gasteiger partial charge in [-0.2, -0.15) is 0 Å². The van der Waals surface area contributed by atoms with E-state index in [2.05, 4.69) is 59.3 Å². The van der Waals surface area contributed by atoms with E-state index in [1.54, 1.807) is 22.7 Å². The van der Waals surface area contributed by atoms with Gasteiger partial charge in [0.1, 0.15) is 10.0 Å². The molecule has 0 bridgehead atoms. The summed E-state index contributed by atoms with van der Waals surface area (Å²) in [6.07, 6.45) is 0. The summed E-state index contributed by atoms with van der Waals surface area (Å²) < 4.78 is 0. The first-order valence-corrected chi connectivity index (χ1v) is 10.8. The average Bonchev–Trinajstić information content (AvgIpc) is 3.46. The Morgan fingerprint density at radius 1 is 0.429 bits per heavy atom. The molecular formula is C24H16N2S2. The smallest absolute Gasteiger partial charge is 0.124 e. The van der Waals surface area contributed by atoms with Gasteiger partial charge >= 0.3 is 0 Å². The van der Waals surface area contributed by atoms with E-state index in [9.17, 15) is 0 Å². The lowest BCUT2D eigenvalue weighted by Gasteiger charge is -2.00. The molecule has 0 N–H and O–H groups in total. The quantitative estimate of drug-likeness (QED) is 0.319. The molecule has 2 nitrogen and oxygen atoms in total. The highest BCUT2D eigenvalue weighted by atomic mass is 32.1. The van der Waals surface area contributed by atoms with Crippen molar-refractivity contribution in [1.82, 2.24) is 9.97 Å². The average molecular weight is 397 g/mol. The minimum Gasteiger partial charge on any atom is -0.236 e. The van der Waals surface area contributed by atoms with Gasteiger partial charge in [-0.1, -0.05) is 84.9 Å². The lowest BCUT2D eigenvalue weighted by Crippen LogP contribution is -1.81. The van der Waals surface area contributed by atoms with Crippen LogP contribution in [0.4, 0.5) is 0 Å². The highest BCUT2D eigenvalue weighted by molar-refractivity contribution is 7.13. The standard InChI is InChI=1S/C24H16N2S2/c1-3-7-17(8-4-1)21-15-27-23(25-21)19-11-13-20(14-12-19)24-26-22(16-28-24)18-9-5-2-6-10-18/h1-16H. The fraction of sp³-hybridized carbons (Fsp3) is 0. The van der Waals surface area contributed by atoms with Gasteiger partial charge in [0, 0.05) is 33.0 Å². The van der Waals surface area contributed by atoms with E-state index in [4.69, 9.17) is 9.97 Å². The van der Waals surface area contributed by atoms with E-state index in [0.29, 0.717) is 0 Å². The van der Waals surface area contributed by atoms with Crippen molar-refractivity contribution in [3.8, 4) is 43.7 Å². The normalized spacial score (nSPS) is 10.9. The van der Waals surface area contributed by atoms with E-state index in [-0.39, 0.29) is 0 Å². The molecule has 0 radical (unpaired) electrons. The maximum absolute atomic E-state index is 4.80. The molecule has 0 aliphatic carbocycles. The third-order valence-corrected chi connectivity index (χ3v) is 6.31. The molecule has 0 atom stereocenters. The van der Waals surface area contributed by atoms with Crippen LogP contribution in [-0.4, -0.2) is 9.97 Å². The van der Waals surface area contributed by atoms with Crippen molar-refractivity contribution >= 4 is 22.7 Å². The Morgan fingerprint density at radius 2 is 0.821 bits per heavy atom. The number of hydrogen-bond acceptors (Lipinski definition) is 4. The second-order valence-electron chi connectivity index (χ2n) is 6.39. The minimum absolute atomic E-state index is 1.03. The van der Waals surface area contributed by atoms with Gasteiger partial charge in [-0.15, -0.1) is 22.7 Å². The highest BCUT2D eigenvalue weighted by Crippen LogP contribution is 2.32. The minimum atomic E-state index is 1.03. The maximum atomic E-state index is 4.80. The number of nitrogens with zero attached hydrogens (tertiary/aromatic N) is 2. The molecule has 0 aliphatic rings. The maximum Gasteiger partial charge on any atom is 0.124 e. The number of benzene rings is 3. The Morgan fingerprint density at radius 3 is 1.21 bits per heavy atom. The van der Waals surface area contributed by atoms with E-state index in [1.807, 2.05) is 36.4 Å². The summed E-state index contributed by atoms with van der Waals surface area (Å²) in [7, 11) is 0. The number of hydrogen-bond donors (Lipinski definition) is 0. The Labute approximate surface area is 171 Å². The zero-order chi connectivity index (χ0) is 18.8. The predicted molar refractivity (Wildman–Crippen MR) is 120 cm³/mol. The number of thiazole rings is 2. The van der Waals surface area contributed by atoms with Gasteiger partial charge in [-0.05, 0) is 0 Å². The zero-order valence-electron chi connectivity index (χ0n) is 14.9. The van der Waals surface area contributed by atoms with E-state index >= 15 is 0 Å². The molecule has 2 heterocycles. The molecule has 134 valence electrons. The Hall–Kier alpha value is -3.08. The topological polar surface area (TPSA) is 25.8 Å². The summed E-state index contributed by atoms with van der Waals surface area (Å²) in [6, 6.07) is 29.1. The molecule has 0 amide bonds.